The highest BCUT2D eigenvalue weighted by Crippen LogP contribution is 2.25. The Bertz CT molecular complexity index is 671. The van der Waals surface area contributed by atoms with Crippen LogP contribution >= 0.6 is 15.9 Å². The summed E-state index contributed by atoms with van der Waals surface area (Å²) < 4.78 is 26.7. The molecule has 2 N–H and O–H groups in total. The molecule has 0 aromatic heterocycles. The van der Waals surface area contributed by atoms with Gasteiger partial charge < -0.3 is 5.73 Å². The molecule has 0 aliphatic rings. The molecule has 19 heavy (non-hydrogen) atoms. The second-order valence-electron chi connectivity index (χ2n) is 4.13. The number of benzene rings is 2. The summed E-state index contributed by atoms with van der Waals surface area (Å²) >= 11 is 3.25. The van der Waals surface area contributed by atoms with Gasteiger partial charge in [0.15, 0.2) is 17.4 Å². The number of hydrogen-bond donors (Lipinski definition) is 1. The summed E-state index contributed by atoms with van der Waals surface area (Å²) in [5, 5.41) is 0. The van der Waals surface area contributed by atoms with E-state index in [1.807, 2.05) is 0 Å². The molecule has 2 rings (SSSR count). The van der Waals surface area contributed by atoms with Crippen molar-refractivity contribution in [1.82, 2.24) is 0 Å². The monoisotopic (exact) mass is 325 g/mol. The smallest absolute Gasteiger partial charge is 0.193 e. The van der Waals surface area contributed by atoms with Gasteiger partial charge in [0.05, 0.1) is 0 Å². The normalized spacial score (nSPS) is 10.5. The van der Waals surface area contributed by atoms with Crippen LogP contribution in [0.5, 0.6) is 0 Å². The average molecular weight is 326 g/mol. The number of hydrogen-bond acceptors (Lipinski definition) is 2. The van der Waals surface area contributed by atoms with Crippen LogP contribution < -0.4 is 5.73 Å². The highest BCUT2D eigenvalue weighted by Gasteiger charge is 2.16. The molecule has 0 fully saturated rings. The fourth-order valence-corrected chi connectivity index (χ4v) is 2.20. The van der Waals surface area contributed by atoms with Crippen LogP contribution in [-0.4, -0.2) is 5.78 Å². The van der Waals surface area contributed by atoms with E-state index in [9.17, 15) is 13.6 Å². The highest BCUT2D eigenvalue weighted by atomic mass is 79.9. The van der Waals surface area contributed by atoms with Crippen LogP contribution in [-0.2, 0) is 0 Å². The number of halogens is 3. The largest absolute Gasteiger partial charge is 0.398 e. The molecule has 0 amide bonds. The van der Waals surface area contributed by atoms with Crippen LogP contribution in [0, 0.1) is 18.6 Å². The molecule has 0 heterocycles. The highest BCUT2D eigenvalue weighted by molar-refractivity contribution is 9.10. The maximum atomic E-state index is 13.2. The van der Waals surface area contributed by atoms with Crippen LogP contribution in [0.25, 0.3) is 0 Å². The molecule has 0 aliphatic carbocycles. The predicted molar refractivity (Wildman–Crippen MR) is 73.1 cm³/mol. The molecule has 2 aromatic rings. The molecule has 0 bridgehead atoms. The van der Waals surface area contributed by atoms with Gasteiger partial charge in [-0.3, -0.25) is 4.79 Å². The zero-order chi connectivity index (χ0) is 14.2. The third-order valence-electron chi connectivity index (χ3n) is 2.84. The van der Waals surface area contributed by atoms with Crippen LogP contribution in [0.4, 0.5) is 14.5 Å². The SMILES string of the molecule is Cc1c(N)cc(Br)cc1C(=O)c1ccc(F)c(F)c1. The van der Waals surface area contributed by atoms with Crippen LogP contribution in [0.1, 0.15) is 21.5 Å². The zero-order valence-corrected chi connectivity index (χ0v) is 11.6. The molecular formula is C14H10BrF2NO. The summed E-state index contributed by atoms with van der Waals surface area (Å²) in [5.74, 6) is -2.43. The number of carbonyl (C=O) groups excluding carboxylic acids is 1. The lowest BCUT2D eigenvalue weighted by Gasteiger charge is -2.09. The molecule has 98 valence electrons. The van der Waals surface area contributed by atoms with Gasteiger partial charge in [0, 0.05) is 21.3 Å². The molecule has 2 nitrogen and oxygen atoms in total. The lowest BCUT2D eigenvalue weighted by atomic mass is 9.98. The van der Waals surface area contributed by atoms with Gasteiger partial charge in [-0.2, -0.15) is 0 Å². The first-order valence-electron chi connectivity index (χ1n) is 5.45. The topological polar surface area (TPSA) is 43.1 Å². The molecule has 0 spiro atoms. The molecular weight excluding hydrogens is 316 g/mol. The molecule has 0 atom stereocenters. The third kappa shape index (κ3) is 2.66. The van der Waals surface area contributed by atoms with Gasteiger partial charge in [0.2, 0.25) is 0 Å². The summed E-state index contributed by atoms with van der Waals surface area (Å²) in [5.41, 5.74) is 7.28. The Hall–Kier alpha value is -1.75. The van der Waals surface area contributed by atoms with Crippen molar-refractivity contribution in [2.75, 3.05) is 5.73 Å². The Morgan fingerprint density at radius 2 is 1.84 bits per heavy atom. The minimum atomic E-state index is -1.05. The summed E-state index contributed by atoms with van der Waals surface area (Å²) in [6.45, 7) is 1.70. The Balaban J connectivity index is 2.53. The van der Waals surface area contributed by atoms with E-state index in [2.05, 4.69) is 15.9 Å². The lowest BCUT2D eigenvalue weighted by Crippen LogP contribution is -2.07. The van der Waals surface area contributed by atoms with E-state index in [0.29, 0.717) is 21.3 Å². The van der Waals surface area contributed by atoms with Crippen molar-refractivity contribution in [3.8, 4) is 0 Å². The predicted octanol–water partition coefficient (Wildman–Crippen LogP) is 3.85. The van der Waals surface area contributed by atoms with Gasteiger partial charge in [-0.15, -0.1) is 0 Å². The Morgan fingerprint density at radius 3 is 2.47 bits per heavy atom. The van der Waals surface area contributed by atoms with Crippen LogP contribution in [0.15, 0.2) is 34.8 Å². The standard InChI is InChI=1S/C14H10BrF2NO/c1-7-10(5-9(15)6-13(7)18)14(19)8-2-3-11(16)12(17)4-8/h2-6H,18H2,1H3. The van der Waals surface area contributed by atoms with E-state index >= 15 is 0 Å². The second kappa shape index (κ2) is 5.09. The van der Waals surface area contributed by atoms with E-state index < -0.39 is 17.4 Å². The lowest BCUT2D eigenvalue weighted by molar-refractivity contribution is 0.103. The van der Waals surface area contributed by atoms with E-state index in [1.54, 1.807) is 19.1 Å². The fourth-order valence-electron chi connectivity index (χ4n) is 1.73. The van der Waals surface area contributed by atoms with E-state index in [1.165, 1.54) is 6.07 Å². The maximum absolute atomic E-state index is 13.2. The Kier molecular flexibility index (Phi) is 3.66. The summed E-state index contributed by atoms with van der Waals surface area (Å²) in [6, 6.07) is 6.34. The van der Waals surface area contributed by atoms with Gasteiger partial charge in [-0.05, 0) is 42.8 Å². The Morgan fingerprint density at radius 1 is 1.16 bits per heavy atom. The molecule has 2 aromatic carbocycles. The molecule has 0 saturated heterocycles. The first-order chi connectivity index (χ1) is 8.90. The van der Waals surface area contributed by atoms with Gasteiger partial charge >= 0.3 is 0 Å². The van der Waals surface area contributed by atoms with Crippen molar-refractivity contribution in [1.29, 1.82) is 0 Å². The average Bonchev–Trinajstić information content (AvgIpc) is 2.36. The van der Waals surface area contributed by atoms with Crippen molar-refractivity contribution in [2.45, 2.75) is 6.92 Å². The van der Waals surface area contributed by atoms with Gasteiger partial charge in [0.25, 0.3) is 0 Å². The summed E-state index contributed by atoms with van der Waals surface area (Å²) in [6.07, 6.45) is 0. The summed E-state index contributed by atoms with van der Waals surface area (Å²) in [4.78, 5) is 12.3. The third-order valence-corrected chi connectivity index (χ3v) is 3.30. The van der Waals surface area contributed by atoms with Crippen molar-refractivity contribution < 1.29 is 13.6 Å². The minimum absolute atomic E-state index is 0.0829. The van der Waals surface area contributed by atoms with Gasteiger partial charge in [-0.25, -0.2) is 8.78 Å². The number of rotatable bonds is 2. The van der Waals surface area contributed by atoms with Crippen molar-refractivity contribution >= 4 is 27.4 Å². The number of ketones is 1. The van der Waals surface area contributed by atoms with Crippen LogP contribution in [0.2, 0.25) is 0 Å². The minimum Gasteiger partial charge on any atom is -0.398 e. The van der Waals surface area contributed by atoms with E-state index in [0.717, 1.165) is 12.1 Å². The zero-order valence-electron chi connectivity index (χ0n) is 10.0. The fraction of sp³-hybridized carbons (Fsp3) is 0.0714. The molecule has 0 radical (unpaired) electrons. The maximum Gasteiger partial charge on any atom is 0.193 e. The molecule has 0 saturated carbocycles. The number of nitrogens with two attached hydrogens (primary N) is 1. The van der Waals surface area contributed by atoms with Gasteiger partial charge in [-0.1, -0.05) is 15.9 Å². The summed E-state index contributed by atoms with van der Waals surface area (Å²) in [7, 11) is 0. The van der Waals surface area contributed by atoms with Crippen molar-refractivity contribution in [2.24, 2.45) is 0 Å². The van der Waals surface area contributed by atoms with Gasteiger partial charge in [0.1, 0.15) is 0 Å². The van der Waals surface area contributed by atoms with E-state index in [-0.39, 0.29) is 5.56 Å². The second-order valence-corrected chi connectivity index (χ2v) is 5.04. The first kappa shape index (κ1) is 13.7. The number of carbonyl (C=O) groups is 1. The van der Waals surface area contributed by atoms with E-state index in [4.69, 9.17) is 5.73 Å². The molecule has 0 unspecified atom stereocenters. The van der Waals surface area contributed by atoms with Crippen molar-refractivity contribution in [3.63, 3.8) is 0 Å². The number of anilines is 1. The quantitative estimate of drug-likeness (QED) is 0.673. The first-order valence-corrected chi connectivity index (χ1v) is 6.25. The molecule has 0 aliphatic heterocycles. The van der Waals surface area contributed by atoms with Crippen molar-refractivity contribution in [3.05, 3.63) is 63.1 Å². The molecule has 5 heteroatoms. The number of nitrogen functional groups attached to an aromatic ring is 1. The van der Waals surface area contributed by atoms with Crippen LogP contribution in [0.3, 0.4) is 0 Å². The Labute approximate surface area is 117 Å².